The highest BCUT2D eigenvalue weighted by Crippen LogP contribution is 2.67. The maximum atomic E-state index is 2.53. The third-order valence-electron chi connectivity index (χ3n) is 8.19. The molecular formula is C32H41P2. The van der Waals surface area contributed by atoms with E-state index in [1.807, 2.05) is 0 Å². The van der Waals surface area contributed by atoms with Gasteiger partial charge in [-0.15, -0.1) is 0 Å². The fourth-order valence-electron chi connectivity index (χ4n) is 6.65. The van der Waals surface area contributed by atoms with Crippen molar-refractivity contribution in [3.05, 3.63) is 91.5 Å². The fourth-order valence-corrected chi connectivity index (χ4v) is 13.8. The summed E-state index contributed by atoms with van der Waals surface area (Å²) in [5.41, 5.74) is 4.40. The third kappa shape index (κ3) is 5.65. The lowest BCUT2D eigenvalue weighted by molar-refractivity contribution is 0.480. The van der Waals surface area contributed by atoms with Gasteiger partial charge in [-0.25, -0.2) is 0 Å². The van der Waals surface area contributed by atoms with E-state index < -0.39 is 7.92 Å². The predicted octanol–water partition coefficient (Wildman–Crippen LogP) is 8.78. The van der Waals surface area contributed by atoms with Crippen LogP contribution in [0.2, 0.25) is 0 Å². The van der Waals surface area contributed by atoms with Crippen LogP contribution in [0, 0.1) is 30.8 Å². The third-order valence-corrected chi connectivity index (χ3v) is 14.8. The molecule has 0 heterocycles. The monoisotopic (exact) mass is 487 g/mol. The van der Waals surface area contributed by atoms with Crippen LogP contribution in [0.3, 0.4) is 0 Å². The summed E-state index contributed by atoms with van der Waals surface area (Å²) in [6, 6.07) is 22.7. The molecule has 34 heavy (non-hydrogen) atoms. The highest BCUT2D eigenvalue weighted by atomic mass is 31.1. The molecule has 2 heteroatoms. The standard InChI is InChI=1S/C32H41P2/c1-2-31(33(26-16-7-3-8-17-26)27-18-9-4-10-19-27)30-24-15-25-32(30)34(28-20-11-5-12-21-28)29-22-13-6-14-23-29/h5-6,11-15,20-27,31H,2-4,7-10,16-19H2,1H3/t31-/m1/s1. The zero-order chi connectivity index (χ0) is 23.2. The van der Waals surface area contributed by atoms with Crippen LogP contribution in [0.1, 0.15) is 77.6 Å². The normalized spacial score (nSPS) is 22.6. The Morgan fingerprint density at radius 3 is 1.65 bits per heavy atom. The Morgan fingerprint density at radius 2 is 1.18 bits per heavy atom. The quantitative estimate of drug-likeness (QED) is 0.326. The summed E-state index contributed by atoms with van der Waals surface area (Å²) in [6.45, 7) is 2.50. The summed E-state index contributed by atoms with van der Waals surface area (Å²) in [6.07, 6.45) is 23.5. The van der Waals surface area contributed by atoms with Gasteiger partial charge in [-0.2, -0.15) is 0 Å². The first-order valence-corrected chi connectivity index (χ1v) is 16.7. The lowest BCUT2D eigenvalue weighted by atomic mass is 9.99. The first-order chi connectivity index (χ1) is 16.9. The van der Waals surface area contributed by atoms with E-state index >= 15 is 0 Å². The summed E-state index contributed by atoms with van der Waals surface area (Å²) in [5, 5.41) is 2.98. The molecule has 1 atom stereocenters. The van der Waals surface area contributed by atoms with Gasteiger partial charge < -0.3 is 0 Å². The summed E-state index contributed by atoms with van der Waals surface area (Å²) < 4.78 is 0. The van der Waals surface area contributed by atoms with E-state index in [4.69, 9.17) is 0 Å². The van der Waals surface area contributed by atoms with E-state index in [0.29, 0.717) is 0 Å². The van der Waals surface area contributed by atoms with Gasteiger partial charge in [0.15, 0.2) is 0 Å². The van der Waals surface area contributed by atoms with Gasteiger partial charge in [0.05, 0.1) is 0 Å². The molecule has 2 aromatic carbocycles. The Bertz CT molecular complexity index is 780. The van der Waals surface area contributed by atoms with Crippen LogP contribution in [-0.4, -0.2) is 17.0 Å². The van der Waals surface area contributed by atoms with E-state index in [1.165, 1.54) is 81.2 Å². The van der Waals surface area contributed by atoms with Crippen LogP contribution < -0.4 is 10.6 Å². The van der Waals surface area contributed by atoms with Gasteiger partial charge in [0.25, 0.3) is 0 Å². The van der Waals surface area contributed by atoms with E-state index in [1.54, 1.807) is 11.6 Å². The molecule has 3 aliphatic carbocycles. The lowest BCUT2D eigenvalue weighted by Gasteiger charge is -2.46. The highest BCUT2D eigenvalue weighted by Gasteiger charge is 2.46. The smallest absolute Gasteiger partial charge is 0.0201 e. The molecule has 3 saturated carbocycles. The minimum Gasteiger partial charge on any atom is -0.0965 e. The first-order valence-electron chi connectivity index (χ1n) is 13.8. The molecule has 0 spiro atoms. The SMILES string of the molecule is CC[C@H]([C]1[CH][CH][CH][C]1P(c1ccccc1)c1ccccc1)P(C1CCCCC1)C1CCCCC1. The van der Waals surface area contributed by atoms with Crippen LogP contribution in [0.25, 0.3) is 0 Å². The van der Waals surface area contributed by atoms with Crippen molar-refractivity contribution in [1.82, 2.24) is 0 Å². The minimum atomic E-state index is -0.517. The van der Waals surface area contributed by atoms with Gasteiger partial charge >= 0.3 is 0 Å². The molecule has 0 amide bonds. The van der Waals surface area contributed by atoms with Crippen molar-refractivity contribution in [2.24, 2.45) is 0 Å². The molecule has 5 rings (SSSR count). The van der Waals surface area contributed by atoms with Gasteiger partial charge in [-0.1, -0.05) is 114 Å². The molecule has 0 unspecified atom stereocenters. The van der Waals surface area contributed by atoms with Crippen molar-refractivity contribution < 1.29 is 0 Å². The van der Waals surface area contributed by atoms with Crippen molar-refractivity contribution in [2.45, 2.75) is 94.5 Å². The van der Waals surface area contributed by atoms with Crippen LogP contribution in [0.15, 0.2) is 60.7 Å². The maximum Gasteiger partial charge on any atom is 0.0201 e. The Balaban J connectivity index is 1.48. The molecule has 0 saturated heterocycles. The van der Waals surface area contributed by atoms with E-state index in [-0.39, 0.29) is 7.92 Å². The summed E-state index contributed by atoms with van der Waals surface area (Å²) >= 11 is 0. The fraction of sp³-hybridized carbons (Fsp3) is 0.469. The number of hydrogen-bond donors (Lipinski definition) is 0. The molecule has 0 aliphatic heterocycles. The second-order valence-corrected chi connectivity index (χ2v) is 15.5. The van der Waals surface area contributed by atoms with Crippen molar-refractivity contribution in [1.29, 1.82) is 0 Å². The Kier molecular flexibility index (Phi) is 9.19. The lowest BCUT2D eigenvalue weighted by Crippen LogP contribution is -2.32. The van der Waals surface area contributed by atoms with Gasteiger partial charge in [0.1, 0.15) is 0 Å². The van der Waals surface area contributed by atoms with Crippen LogP contribution in [-0.2, 0) is 0 Å². The molecule has 179 valence electrons. The second kappa shape index (κ2) is 12.5. The number of rotatable bonds is 8. The zero-order valence-electron chi connectivity index (χ0n) is 20.9. The molecule has 0 bridgehead atoms. The topological polar surface area (TPSA) is 0 Å². The Hall–Kier alpha value is -0.700. The van der Waals surface area contributed by atoms with Gasteiger partial charge in [0, 0.05) is 5.66 Å². The van der Waals surface area contributed by atoms with E-state index in [9.17, 15) is 0 Å². The summed E-state index contributed by atoms with van der Waals surface area (Å²) in [4.78, 5) is 0. The molecule has 0 N–H and O–H groups in total. The molecule has 2 aromatic rings. The summed E-state index contributed by atoms with van der Waals surface area (Å²) in [5.74, 6) is 1.71. The second-order valence-electron chi connectivity index (χ2n) is 10.3. The van der Waals surface area contributed by atoms with Gasteiger partial charge in [-0.3, -0.25) is 0 Å². The summed E-state index contributed by atoms with van der Waals surface area (Å²) in [7, 11) is -0.497. The van der Waals surface area contributed by atoms with Crippen molar-refractivity contribution >= 4 is 26.5 Å². The largest absolute Gasteiger partial charge is 0.0965 e. The highest BCUT2D eigenvalue weighted by molar-refractivity contribution is 7.76. The number of hydrogen-bond acceptors (Lipinski definition) is 0. The number of benzene rings is 2. The van der Waals surface area contributed by atoms with Crippen molar-refractivity contribution in [3.63, 3.8) is 0 Å². The molecule has 0 aromatic heterocycles. The molecule has 5 radical (unpaired) electrons. The average Bonchev–Trinajstić information content (AvgIpc) is 3.38. The van der Waals surface area contributed by atoms with E-state index in [0.717, 1.165) is 17.0 Å². The molecule has 0 nitrogen and oxygen atoms in total. The maximum absolute atomic E-state index is 2.53. The van der Waals surface area contributed by atoms with Crippen molar-refractivity contribution in [3.8, 4) is 0 Å². The van der Waals surface area contributed by atoms with Crippen LogP contribution >= 0.6 is 15.8 Å². The van der Waals surface area contributed by atoms with E-state index in [2.05, 4.69) is 86.8 Å². The van der Waals surface area contributed by atoms with Gasteiger partial charge in [0.2, 0.25) is 0 Å². The Labute approximate surface area is 212 Å². The van der Waals surface area contributed by atoms with Crippen molar-refractivity contribution in [2.75, 3.05) is 0 Å². The Morgan fingerprint density at radius 1 is 0.676 bits per heavy atom. The zero-order valence-corrected chi connectivity index (χ0v) is 22.7. The van der Waals surface area contributed by atoms with Crippen LogP contribution in [0.5, 0.6) is 0 Å². The molecular weight excluding hydrogens is 446 g/mol. The van der Waals surface area contributed by atoms with Crippen LogP contribution in [0.4, 0.5) is 0 Å². The minimum absolute atomic E-state index is 0.0205. The molecule has 3 fully saturated rings. The molecule has 3 aliphatic rings. The predicted molar refractivity (Wildman–Crippen MR) is 153 cm³/mol. The van der Waals surface area contributed by atoms with Gasteiger partial charge in [-0.05, 0) is 92.8 Å². The average molecular weight is 488 g/mol. The first kappa shape index (κ1) is 25.0.